The first-order chi connectivity index (χ1) is 38.5. The number of anilines is 3. The summed E-state index contributed by atoms with van der Waals surface area (Å²) in [6.45, 7) is 0. The number of furan rings is 1. The van der Waals surface area contributed by atoms with E-state index in [2.05, 4.69) is 0 Å². The van der Waals surface area contributed by atoms with Gasteiger partial charge in [-0.3, -0.25) is 0 Å². The maximum Gasteiger partial charge on any atom is 0.145 e. The molecule has 8 aromatic carbocycles. The SMILES string of the molecule is [2H]c1c([2H])c([2H])c(-c2c([2H])c([2H])c(N(c3c([2H])c([2H])c([2H])c([2H])c3-c3c([2H])c([2H])c([2H])c([2H])c3-c3c([2H])c([2H])c([2H])c([2H])c3[2H])c3c([2H])c([2H])c(-c4c([2H])c([2H])c([2H])c([2H])c4[2H])c4oc5c([2H])c([2H])c([2H])c([2H])c5c34)c([2H])c2[2H])c([2H])c1[2H]. The lowest BCUT2D eigenvalue weighted by Gasteiger charge is -2.29. The van der Waals surface area contributed by atoms with Crippen molar-refractivity contribution in [3.8, 4) is 44.5 Å². The molecule has 0 aliphatic carbocycles. The van der Waals surface area contributed by atoms with Gasteiger partial charge < -0.3 is 9.32 Å². The second kappa shape index (κ2) is 12.8. The van der Waals surface area contributed by atoms with Crippen molar-refractivity contribution in [2.45, 2.75) is 0 Å². The van der Waals surface area contributed by atoms with Gasteiger partial charge >= 0.3 is 0 Å². The lowest BCUT2D eigenvalue weighted by molar-refractivity contribution is 0.670. The maximum atomic E-state index is 10.0. The van der Waals surface area contributed by atoms with Crippen LogP contribution in [-0.4, -0.2) is 0 Å². The van der Waals surface area contributed by atoms with E-state index in [1.807, 2.05) is 0 Å². The fraction of sp³-hybridized carbons (Fsp3) is 0. The van der Waals surface area contributed by atoms with Gasteiger partial charge in [-0.25, -0.2) is 0 Å². The predicted octanol–water partition coefficient (Wildman–Crippen LogP) is 13.7. The summed E-state index contributed by atoms with van der Waals surface area (Å²) >= 11 is 0. The first-order valence-electron chi connectivity index (χ1n) is 30.8. The van der Waals surface area contributed by atoms with E-state index in [0.29, 0.717) is 4.90 Å². The van der Waals surface area contributed by atoms with Gasteiger partial charge in [0.05, 0.1) is 62.0 Å². The van der Waals surface area contributed by atoms with Crippen molar-refractivity contribution >= 4 is 39.0 Å². The van der Waals surface area contributed by atoms with Crippen LogP contribution in [-0.2, 0) is 0 Å². The van der Waals surface area contributed by atoms with Gasteiger partial charge in [0.25, 0.3) is 0 Å². The molecule has 0 N–H and O–H groups in total. The fourth-order valence-electron chi connectivity index (χ4n) is 5.15. The molecule has 0 fully saturated rings. The van der Waals surface area contributed by atoms with E-state index in [9.17, 15) is 15.1 Å². The average molecular weight is 673 g/mol. The Kier molecular flexibility index (Phi) is 2.79. The number of rotatable bonds is 7. The quantitative estimate of drug-likeness (QED) is 0.168. The molecule has 0 aliphatic rings. The molecule has 2 nitrogen and oxygen atoms in total. The zero-order valence-corrected chi connectivity index (χ0v) is 24.9. The minimum absolute atomic E-state index is 0.303. The smallest absolute Gasteiger partial charge is 0.145 e. The molecular formula is C48H33NO. The van der Waals surface area contributed by atoms with Crippen molar-refractivity contribution < 1.29 is 49.7 Å². The number of nitrogens with zero attached hydrogens (tertiary/aromatic N) is 1. The van der Waals surface area contributed by atoms with Crippen molar-refractivity contribution in [2.75, 3.05) is 4.90 Å². The van der Waals surface area contributed by atoms with E-state index < -0.39 is 283 Å². The Balaban J connectivity index is 1.66. The number of hydrogen-bond donors (Lipinski definition) is 0. The molecule has 2 heteroatoms. The number of para-hydroxylation sites is 2. The third-order valence-electron chi connectivity index (χ3n) is 7.24. The Morgan fingerprint density at radius 2 is 0.880 bits per heavy atom. The average Bonchev–Trinajstić information content (AvgIpc) is 2.85. The highest BCUT2D eigenvalue weighted by Gasteiger charge is 2.24. The molecule has 9 aromatic rings. The number of fused-ring (bicyclic) bond motifs is 3. The lowest BCUT2D eigenvalue weighted by atomic mass is 9.92. The summed E-state index contributed by atoms with van der Waals surface area (Å²) in [5, 5.41) is -1.73. The van der Waals surface area contributed by atoms with Crippen LogP contribution in [0.15, 0.2) is 204 Å². The molecule has 0 radical (unpaired) electrons. The van der Waals surface area contributed by atoms with Crippen molar-refractivity contribution in [1.82, 2.24) is 0 Å². The Labute approximate surface area is 338 Å². The first kappa shape index (κ1) is 10.9. The van der Waals surface area contributed by atoms with E-state index in [0.717, 1.165) is 0 Å². The third kappa shape index (κ3) is 5.24. The summed E-state index contributed by atoms with van der Waals surface area (Å²) in [5.41, 5.74) is -13.7. The van der Waals surface area contributed by atoms with E-state index >= 15 is 0 Å². The van der Waals surface area contributed by atoms with Gasteiger partial charge in [0, 0.05) is 22.2 Å². The second-order valence-corrected chi connectivity index (χ2v) is 10.0. The summed E-state index contributed by atoms with van der Waals surface area (Å²) in [6, 6.07) is -37.7. The van der Waals surface area contributed by atoms with Crippen LogP contribution in [0.1, 0.15) is 45.2 Å². The molecule has 0 saturated heterocycles. The van der Waals surface area contributed by atoms with Crippen LogP contribution < -0.4 is 4.90 Å². The van der Waals surface area contributed by atoms with E-state index in [1.165, 1.54) is 0 Å². The first-order valence-corrected chi connectivity index (χ1v) is 14.3. The minimum Gasteiger partial charge on any atom is -0.455 e. The Morgan fingerprint density at radius 1 is 0.360 bits per heavy atom. The van der Waals surface area contributed by atoms with Crippen molar-refractivity contribution in [2.24, 2.45) is 0 Å². The molecule has 0 saturated carbocycles. The van der Waals surface area contributed by atoms with Gasteiger partial charge in [0.1, 0.15) is 11.2 Å². The van der Waals surface area contributed by atoms with Gasteiger partial charge in [0.2, 0.25) is 0 Å². The Bertz CT molecular complexity index is 4380. The molecule has 0 aliphatic heterocycles. The summed E-state index contributed by atoms with van der Waals surface area (Å²) in [6.07, 6.45) is 0. The molecular weight excluding hydrogens is 607 g/mol. The zero-order chi connectivity index (χ0) is 62.0. The minimum atomic E-state index is -1.39. The number of hydrogen-bond acceptors (Lipinski definition) is 2. The topological polar surface area (TPSA) is 16.4 Å². The van der Waals surface area contributed by atoms with Gasteiger partial charge in [-0.2, -0.15) is 0 Å². The molecule has 50 heavy (non-hydrogen) atoms. The van der Waals surface area contributed by atoms with E-state index in [-0.39, 0.29) is 0 Å². The highest BCUT2D eigenvalue weighted by atomic mass is 16.3. The molecule has 9 rings (SSSR count). The van der Waals surface area contributed by atoms with Gasteiger partial charge in [-0.1, -0.05) is 163 Å². The van der Waals surface area contributed by atoms with Crippen LogP contribution in [0.4, 0.5) is 17.1 Å². The summed E-state index contributed by atoms with van der Waals surface area (Å²) < 4.78 is 303. The largest absolute Gasteiger partial charge is 0.455 e. The van der Waals surface area contributed by atoms with E-state index in [1.54, 1.807) is 0 Å². The maximum absolute atomic E-state index is 10.0. The Morgan fingerprint density at radius 3 is 1.58 bits per heavy atom. The van der Waals surface area contributed by atoms with Crippen LogP contribution in [0, 0.1) is 0 Å². The molecule has 0 unspecified atom stereocenters. The predicted molar refractivity (Wildman–Crippen MR) is 210 cm³/mol. The van der Waals surface area contributed by atoms with Gasteiger partial charge in [0.15, 0.2) is 0 Å². The lowest BCUT2D eigenvalue weighted by Crippen LogP contribution is -2.12. The third-order valence-corrected chi connectivity index (χ3v) is 7.24. The molecule has 0 atom stereocenters. The van der Waals surface area contributed by atoms with Crippen LogP contribution >= 0.6 is 0 Å². The zero-order valence-electron chi connectivity index (χ0n) is 57.9. The molecule has 0 bridgehead atoms. The molecule has 0 spiro atoms. The fourth-order valence-corrected chi connectivity index (χ4v) is 5.15. The standard InChI is InChI=1S/C48H33NO/c1-4-16-34(17-5-1)35-28-30-38(31-29-35)49(44-26-14-12-24-42(44)41-23-11-10-22-39(41)36-18-6-2-7-19-36)45-33-32-40(37-20-8-3-9-21-37)48-47(45)43-25-13-15-27-46(43)50-48/h1-33H/i1D,2D,3D,4D,5D,6D,7D,8D,9D,10D,11D,12D,13D,14D,15D,16D,17D,18D,19D,20D,21D,22D,23D,24D,25D,26D,27D,28D,29D,30D,31D,32D,33D. The molecule has 0 amide bonds. The van der Waals surface area contributed by atoms with E-state index in [4.69, 9.17) is 34.6 Å². The second-order valence-electron chi connectivity index (χ2n) is 10.0. The van der Waals surface area contributed by atoms with Crippen LogP contribution in [0.3, 0.4) is 0 Å². The normalized spacial score (nSPS) is 20.4. The van der Waals surface area contributed by atoms with Crippen LogP contribution in [0.5, 0.6) is 0 Å². The van der Waals surface area contributed by atoms with Crippen molar-refractivity contribution in [1.29, 1.82) is 0 Å². The monoisotopic (exact) mass is 672 g/mol. The highest BCUT2D eigenvalue weighted by molar-refractivity contribution is 6.17. The van der Waals surface area contributed by atoms with Gasteiger partial charge in [-0.05, 0) is 69.6 Å². The van der Waals surface area contributed by atoms with Crippen LogP contribution in [0.25, 0.3) is 66.4 Å². The van der Waals surface area contributed by atoms with Crippen molar-refractivity contribution in [3.63, 3.8) is 0 Å². The highest BCUT2D eigenvalue weighted by Crippen LogP contribution is 2.49. The van der Waals surface area contributed by atoms with Crippen molar-refractivity contribution in [3.05, 3.63) is 199 Å². The van der Waals surface area contributed by atoms with Gasteiger partial charge in [-0.15, -0.1) is 0 Å². The molecule has 1 aromatic heterocycles. The molecule has 1 heterocycles. The summed E-state index contributed by atoms with van der Waals surface area (Å²) in [5.74, 6) is 0. The number of benzene rings is 8. The summed E-state index contributed by atoms with van der Waals surface area (Å²) in [4.78, 5) is 0.303. The summed E-state index contributed by atoms with van der Waals surface area (Å²) in [7, 11) is 0. The Hall–Kier alpha value is -6.64. The van der Waals surface area contributed by atoms with Crippen LogP contribution in [0.2, 0.25) is 0 Å². The molecule has 236 valence electrons.